The molecule has 0 heterocycles. The van der Waals surface area contributed by atoms with E-state index >= 15 is 0 Å². The lowest BCUT2D eigenvalue weighted by Crippen LogP contribution is -2.03. The fourth-order valence-corrected chi connectivity index (χ4v) is 5.15. The zero-order valence-electron chi connectivity index (χ0n) is 16.6. The van der Waals surface area contributed by atoms with Gasteiger partial charge in [0.15, 0.2) is 0 Å². The van der Waals surface area contributed by atoms with Crippen molar-refractivity contribution in [3.8, 4) is 12.1 Å². The largest absolute Gasteiger partial charge is 0.218 e. The Bertz CT molecular complexity index is 1360. The fourth-order valence-electron chi connectivity index (χ4n) is 2.78. The van der Waals surface area contributed by atoms with E-state index in [9.17, 15) is 27.4 Å². The van der Waals surface area contributed by atoms with E-state index in [0.717, 1.165) is 0 Å². The number of nitrogens with zero attached hydrogens (tertiary/aromatic N) is 2. The van der Waals surface area contributed by atoms with Crippen molar-refractivity contribution in [2.45, 2.75) is 9.79 Å². The van der Waals surface area contributed by atoms with E-state index in [4.69, 9.17) is 0 Å². The first kappa shape index (κ1) is 22.7. The van der Waals surface area contributed by atoms with Crippen LogP contribution in [0.3, 0.4) is 0 Å². The molecule has 32 heavy (non-hydrogen) atoms. The van der Waals surface area contributed by atoms with Crippen LogP contribution in [-0.2, 0) is 19.7 Å². The van der Waals surface area contributed by atoms with E-state index in [2.05, 4.69) is 0 Å². The van der Waals surface area contributed by atoms with Crippen LogP contribution in [0.15, 0.2) is 105 Å². The highest BCUT2D eigenvalue weighted by Gasteiger charge is 2.21. The predicted octanol–water partition coefficient (Wildman–Crippen LogP) is 4.36. The Balaban J connectivity index is 1.94. The van der Waals surface area contributed by atoms with Gasteiger partial charge in [-0.3, -0.25) is 0 Å². The molecule has 0 fully saturated rings. The molecule has 0 saturated heterocycles. The molecule has 158 valence electrons. The van der Waals surface area contributed by atoms with Crippen molar-refractivity contribution in [2.24, 2.45) is 0 Å². The Morgan fingerprint density at radius 2 is 0.875 bits per heavy atom. The van der Waals surface area contributed by atoms with Crippen LogP contribution in [0.5, 0.6) is 0 Å². The molecule has 6 nitrogen and oxygen atoms in total. The molecule has 0 saturated carbocycles. The summed E-state index contributed by atoms with van der Waals surface area (Å²) in [6, 6.07) is 24.8. The molecule has 0 spiro atoms. The van der Waals surface area contributed by atoms with E-state index in [-0.39, 0.29) is 9.79 Å². The first-order valence-corrected chi connectivity index (χ1v) is 12.2. The lowest BCUT2D eigenvalue weighted by molar-refractivity contribution is 0.601. The summed E-state index contributed by atoms with van der Waals surface area (Å²) in [6.45, 7) is 0. The lowest BCUT2D eigenvalue weighted by Gasteiger charge is -2.04. The summed E-state index contributed by atoms with van der Waals surface area (Å²) in [5.74, 6) is 0. The number of allylic oxidation sites excluding steroid dienone is 2. The van der Waals surface area contributed by atoms with Gasteiger partial charge in [0.1, 0.15) is 21.9 Å². The summed E-state index contributed by atoms with van der Waals surface area (Å²) in [4.78, 5) is -0.818. The maximum absolute atomic E-state index is 12.7. The standard InChI is InChI=1S/C24H16N2O4S2/c25-17-23(31(27,28)21-7-3-1-4-8-21)15-19-11-13-20(14-12-19)16-24(18-26)32(29,30)22-9-5-2-6-10-22/h1-16H. The molecule has 0 aromatic heterocycles. The van der Waals surface area contributed by atoms with Gasteiger partial charge in [0.2, 0.25) is 19.7 Å². The maximum Gasteiger partial charge on any atom is 0.216 e. The normalized spacial score (nSPS) is 12.6. The number of hydrogen-bond acceptors (Lipinski definition) is 6. The second-order valence-corrected chi connectivity index (χ2v) is 10.4. The van der Waals surface area contributed by atoms with Gasteiger partial charge in [-0.2, -0.15) is 10.5 Å². The van der Waals surface area contributed by atoms with Gasteiger partial charge in [-0.05, 0) is 47.5 Å². The average Bonchev–Trinajstić information content (AvgIpc) is 2.82. The highest BCUT2D eigenvalue weighted by molar-refractivity contribution is 7.96. The first-order chi connectivity index (χ1) is 15.3. The molecular formula is C24H16N2O4S2. The summed E-state index contributed by atoms with van der Waals surface area (Å²) >= 11 is 0. The Morgan fingerprint density at radius 1 is 0.562 bits per heavy atom. The lowest BCUT2D eigenvalue weighted by atomic mass is 10.1. The molecule has 0 aliphatic carbocycles. The van der Waals surface area contributed by atoms with Gasteiger partial charge in [0.25, 0.3) is 0 Å². The van der Waals surface area contributed by atoms with Gasteiger partial charge in [-0.1, -0.05) is 60.7 Å². The van der Waals surface area contributed by atoms with Crippen LogP contribution >= 0.6 is 0 Å². The maximum atomic E-state index is 12.7. The van der Waals surface area contributed by atoms with Crippen LogP contribution in [0, 0.1) is 22.7 Å². The van der Waals surface area contributed by atoms with Gasteiger partial charge in [0, 0.05) is 0 Å². The van der Waals surface area contributed by atoms with Gasteiger partial charge in [-0.15, -0.1) is 0 Å². The van der Waals surface area contributed by atoms with E-state index in [0.29, 0.717) is 11.1 Å². The first-order valence-electron chi connectivity index (χ1n) is 9.23. The highest BCUT2D eigenvalue weighted by atomic mass is 32.2. The van der Waals surface area contributed by atoms with E-state index in [1.54, 1.807) is 48.5 Å². The average molecular weight is 461 g/mol. The van der Waals surface area contributed by atoms with Crippen LogP contribution in [0.4, 0.5) is 0 Å². The Morgan fingerprint density at radius 3 is 1.16 bits per heavy atom. The summed E-state index contributed by atoms with van der Waals surface area (Å²) in [5, 5.41) is 18.8. The molecular weight excluding hydrogens is 444 g/mol. The minimum absolute atomic E-state index is 0.0112. The van der Waals surface area contributed by atoms with Gasteiger partial charge < -0.3 is 0 Å². The Labute approximate surface area is 186 Å². The molecule has 8 heteroatoms. The zero-order chi connectivity index (χ0) is 23.2. The smallest absolute Gasteiger partial charge is 0.216 e. The third-order valence-corrected chi connectivity index (χ3v) is 7.80. The van der Waals surface area contributed by atoms with Gasteiger partial charge in [0.05, 0.1) is 9.79 Å². The van der Waals surface area contributed by atoms with E-state index in [1.807, 2.05) is 0 Å². The van der Waals surface area contributed by atoms with Crippen molar-refractivity contribution >= 4 is 31.8 Å². The van der Waals surface area contributed by atoms with Crippen LogP contribution in [0.25, 0.3) is 12.2 Å². The van der Waals surface area contributed by atoms with Crippen molar-refractivity contribution in [2.75, 3.05) is 0 Å². The van der Waals surface area contributed by atoms with Crippen LogP contribution in [-0.4, -0.2) is 16.8 Å². The van der Waals surface area contributed by atoms with Crippen molar-refractivity contribution < 1.29 is 16.8 Å². The van der Waals surface area contributed by atoms with Crippen LogP contribution in [0.1, 0.15) is 11.1 Å². The summed E-state index contributed by atoms with van der Waals surface area (Å²) in [5.41, 5.74) is 0.866. The van der Waals surface area contributed by atoms with Gasteiger partial charge >= 0.3 is 0 Å². The van der Waals surface area contributed by atoms with E-state index in [1.165, 1.54) is 60.7 Å². The SMILES string of the molecule is N#CC(=Cc1ccc(C=C(C#N)S(=O)(=O)c2ccccc2)cc1)S(=O)(=O)c1ccccc1. The number of benzene rings is 3. The molecule has 0 N–H and O–H groups in total. The molecule has 0 atom stereocenters. The number of sulfone groups is 2. The second-order valence-electron chi connectivity index (χ2n) is 6.54. The molecule has 0 bridgehead atoms. The Kier molecular flexibility index (Phi) is 6.70. The number of hydrogen-bond donors (Lipinski definition) is 0. The van der Waals surface area contributed by atoms with Crippen molar-refractivity contribution in [3.63, 3.8) is 0 Å². The molecule has 3 aromatic carbocycles. The second kappa shape index (κ2) is 9.44. The highest BCUT2D eigenvalue weighted by Crippen LogP contribution is 2.23. The van der Waals surface area contributed by atoms with E-state index < -0.39 is 29.5 Å². The van der Waals surface area contributed by atoms with Gasteiger partial charge in [-0.25, -0.2) is 16.8 Å². The third-order valence-electron chi connectivity index (χ3n) is 4.44. The number of nitriles is 2. The molecule has 0 aliphatic rings. The monoisotopic (exact) mass is 460 g/mol. The minimum atomic E-state index is -3.97. The summed E-state index contributed by atoms with van der Waals surface area (Å²) in [7, 11) is -7.93. The van der Waals surface area contributed by atoms with Crippen LogP contribution < -0.4 is 0 Å². The van der Waals surface area contributed by atoms with Crippen LogP contribution in [0.2, 0.25) is 0 Å². The zero-order valence-corrected chi connectivity index (χ0v) is 18.2. The topological polar surface area (TPSA) is 116 Å². The summed E-state index contributed by atoms with van der Waals surface area (Å²) in [6.07, 6.45) is 2.48. The number of rotatable bonds is 6. The Hall–Kier alpha value is -3.98. The summed E-state index contributed by atoms with van der Waals surface area (Å²) < 4.78 is 50.6. The minimum Gasteiger partial charge on any atom is -0.218 e. The quantitative estimate of drug-likeness (QED) is 0.505. The van der Waals surface area contributed by atoms with Crippen molar-refractivity contribution in [1.29, 1.82) is 10.5 Å². The molecule has 3 aromatic rings. The van der Waals surface area contributed by atoms with Crippen molar-refractivity contribution in [3.05, 3.63) is 106 Å². The molecule has 0 amide bonds. The molecule has 0 radical (unpaired) electrons. The predicted molar refractivity (Wildman–Crippen MR) is 121 cm³/mol. The third kappa shape index (κ3) is 4.84. The molecule has 0 unspecified atom stereocenters. The van der Waals surface area contributed by atoms with Crippen molar-refractivity contribution in [1.82, 2.24) is 0 Å². The molecule has 3 rings (SSSR count). The fraction of sp³-hybridized carbons (Fsp3) is 0. The molecule has 0 aliphatic heterocycles.